The highest BCUT2D eigenvalue weighted by Gasteiger charge is 2.41. The van der Waals surface area contributed by atoms with Gasteiger partial charge in [0.05, 0.1) is 6.04 Å². The maximum absolute atomic E-state index is 12.4. The van der Waals surface area contributed by atoms with Crippen LogP contribution in [0.3, 0.4) is 0 Å². The van der Waals surface area contributed by atoms with Crippen LogP contribution < -0.4 is 16.4 Å². The van der Waals surface area contributed by atoms with E-state index in [9.17, 15) is 9.59 Å². The van der Waals surface area contributed by atoms with Crippen molar-refractivity contribution in [2.75, 3.05) is 6.54 Å². The Morgan fingerprint density at radius 2 is 1.80 bits per heavy atom. The van der Waals surface area contributed by atoms with Crippen molar-refractivity contribution in [1.82, 2.24) is 10.6 Å². The summed E-state index contributed by atoms with van der Waals surface area (Å²) >= 11 is 0. The molecule has 4 N–H and O–H groups in total. The number of nitrogens with two attached hydrogens (primary N) is 1. The summed E-state index contributed by atoms with van der Waals surface area (Å²) in [5, 5.41) is 5.87. The molecule has 20 heavy (non-hydrogen) atoms. The summed E-state index contributed by atoms with van der Waals surface area (Å²) in [6, 6.07) is -0.516. The monoisotopic (exact) mass is 283 g/mol. The topological polar surface area (TPSA) is 84.2 Å². The minimum absolute atomic E-state index is 0.0453. The maximum Gasteiger partial charge on any atom is 0.245 e. The lowest BCUT2D eigenvalue weighted by atomic mass is 9.80. The Kier molecular flexibility index (Phi) is 6.99. The Morgan fingerprint density at radius 1 is 1.15 bits per heavy atom. The second kappa shape index (κ2) is 8.25. The van der Waals surface area contributed by atoms with E-state index in [4.69, 9.17) is 5.73 Å². The highest BCUT2D eigenvalue weighted by Crippen LogP contribution is 2.28. The normalized spacial score (nSPS) is 19.1. The van der Waals surface area contributed by atoms with Gasteiger partial charge < -0.3 is 16.4 Å². The van der Waals surface area contributed by atoms with E-state index in [-0.39, 0.29) is 11.8 Å². The molecule has 2 amide bonds. The molecule has 0 aliphatic heterocycles. The van der Waals surface area contributed by atoms with Crippen molar-refractivity contribution >= 4 is 11.8 Å². The van der Waals surface area contributed by atoms with Crippen molar-refractivity contribution in [2.24, 2.45) is 5.73 Å². The van der Waals surface area contributed by atoms with Crippen molar-refractivity contribution in [1.29, 1.82) is 0 Å². The van der Waals surface area contributed by atoms with Crippen molar-refractivity contribution in [3.63, 3.8) is 0 Å². The van der Waals surface area contributed by atoms with Gasteiger partial charge in [0.1, 0.15) is 5.54 Å². The van der Waals surface area contributed by atoms with E-state index >= 15 is 0 Å². The second-order valence-electron chi connectivity index (χ2n) is 5.78. The largest absolute Gasteiger partial charge is 0.354 e. The van der Waals surface area contributed by atoms with Crippen molar-refractivity contribution < 1.29 is 9.59 Å². The quantitative estimate of drug-likeness (QED) is 0.661. The molecule has 0 aromatic carbocycles. The smallest absolute Gasteiger partial charge is 0.245 e. The first-order chi connectivity index (χ1) is 9.55. The first kappa shape index (κ1) is 17.0. The van der Waals surface area contributed by atoms with Gasteiger partial charge >= 0.3 is 0 Å². The van der Waals surface area contributed by atoms with E-state index in [2.05, 4.69) is 10.6 Å². The van der Waals surface area contributed by atoms with Gasteiger partial charge in [0, 0.05) is 6.54 Å². The van der Waals surface area contributed by atoms with E-state index < -0.39 is 11.6 Å². The van der Waals surface area contributed by atoms with Crippen LogP contribution in [0.25, 0.3) is 0 Å². The molecule has 0 spiro atoms. The predicted molar refractivity (Wildman–Crippen MR) is 80.1 cm³/mol. The Balaban J connectivity index is 2.72. The Bertz CT molecular complexity index is 325. The Hall–Kier alpha value is -1.10. The molecule has 0 heterocycles. The van der Waals surface area contributed by atoms with Crippen LogP contribution in [0, 0.1) is 0 Å². The molecular formula is C15H29N3O2. The zero-order valence-electron chi connectivity index (χ0n) is 12.8. The van der Waals surface area contributed by atoms with E-state index in [1.807, 2.05) is 13.8 Å². The van der Waals surface area contributed by atoms with Crippen LogP contribution >= 0.6 is 0 Å². The molecule has 1 rings (SSSR count). The third-order valence-electron chi connectivity index (χ3n) is 3.98. The van der Waals surface area contributed by atoms with Crippen molar-refractivity contribution in [3.05, 3.63) is 0 Å². The summed E-state index contributed by atoms with van der Waals surface area (Å²) in [4.78, 5) is 24.6. The van der Waals surface area contributed by atoms with E-state index in [0.717, 1.165) is 32.1 Å². The van der Waals surface area contributed by atoms with Crippen LogP contribution in [-0.4, -0.2) is 29.9 Å². The Labute approximate surface area is 122 Å². The number of rotatable bonds is 7. The standard InChI is InChI=1S/C15H29N3O2/c1-3-8-12(16)13(19)18-15(9-6-5-7-10-15)14(20)17-11-4-2/h12H,3-11,16H2,1-2H3,(H,17,20)(H,18,19). The summed E-state index contributed by atoms with van der Waals surface area (Å²) in [6.45, 7) is 4.67. The summed E-state index contributed by atoms with van der Waals surface area (Å²) in [6.07, 6.45) is 6.92. The molecule has 0 bridgehead atoms. The van der Waals surface area contributed by atoms with Gasteiger partial charge in [0.25, 0.3) is 0 Å². The molecule has 1 aliphatic rings. The predicted octanol–water partition coefficient (Wildman–Crippen LogP) is 1.46. The zero-order chi connectivity index (χ0) is 15.0. The molecule has 5 nitrogen and oxygen atoms in total. The van der Waals surface area contributed by atoms with Gasteiger partial charge in [-0.2, -0.15) is 0 Å². The van der Waals surface area contributed by atoms with Gasteiger partial charge in [0.15, 0.2) is 0 Å². The van der Waals surface area contributed by atoms with Crippen LogP contribution in [-0.2, 0) is 9.59 Å². The fraction of sp³-hybridized carbons (Fsp3) is 0.867. The number of amides is 2. The zero-order valence-corrected chi connectivity index (χ0v) is 12.8. The van der Waals surface area contributed by atoms with Crippen LogP contribution in [0.1, 0.15) is 65.2 Å². The van der Waals surface area contributed by atoms with Crippen LogP contribution in [0.4, 0.5) is 0 Å². The molecule has 1 atom stereocenters. The first-order valence-corrected chi connectivity index (χ1v) is 7.91. The van der Waals surface area contributed by atoms with Crippen molar-refractivity contribution in [3.8, 4) is 0 Å². The minimum atomic E-state index is -0.740. The van der Waals surface area contributed by atoms with Crippen LogP contribution in [0.15, 0.2) is 0 Å². The molecule has 5 heteroatoms. The molecular weight excluding hydrogens is 254 g/mol. The number of carbonyl (C=O) groups is 2. The third-order valence-corrected chi connectivity index (χ3v) is 3.98. The number of nitrogens with one attached hydrogen (secondary N) is 2. The summed E-state index contributed by atoms with van der Waals surface area (Å²) in [5.74, 6) is -0.239. The first-order valence-electron chi connectivity index (χ1n) is 7.91. The highest BCUT2D eigenvalue weighted by molar-refractivity contribution is 5.93. The molecule has 1 unspecified atom stereocenters. The number of carbonyl (C=O) groups excluding carboxylic acids is 2. The van der Waals surface area contributed by atoms with Crippen molar-refractivity contribution in [2.45, 2.75) is 76.8 Å². The molecule has 0 saturated heterocycles. The van der Waals surface area contributed by atoms with Gasteiger partial charge in [-0.05, 0) is 25.7 Å². The molecule has 0 radical (unpaired) electrons. The van der Waals surface area contributed by atoms with E-state index in [1.165, 1.54) is 0 Å². The molecule has 116 valence electrons. The van der Waals surface area contributed by atoms with Crippen LogP contribution in [0.2, 0.25) is 0 Å². The van der Waals surface area contributed by atoms with Gasteiger partial charge in [-0.25, -0.2) is 0 Å². The summed E-state index contributed by atoms with van der Waals surface area (Å²) < 4.78 is 0. The van der Waals surface area contributed by atoms with Gasteiger partial charge in [0.2, 0.25) is 11.8 Å². The molecule has 1 fully saturated rings. The fourth-order valence-corrected chi connectivity index (χ4v) is 2.74. The molecule has 1 aliphatic carbocycles. The summed E-state index contributed by atoms with van der Waals surface area (Å²) in [7, 11) is 0. The fourth-order valence-electron chi connectivity index (χ4n) is 2.74. The Morgan fingerprint density at radius 3 is 2.35 bits per heavy atom. The average molecular weight is 283 g/mol. The molecule has 0 aromatic heterocycles. The number of hydrogen-bond acceptors (Lipinski definition) is 3. The third kappa shape index (κ3) is 4.47. The second-order valence-corrected chi connectivity index (χ2v) is 5.78. The lowest BCUT2D eigenvalue weighted by Gasteiger charge is -2.37. The van der Waals surface area contributed by atoms with E-state index in [1.54, 1.807) is 0 Å². The number of hydrogen-bond donors (Lipinski definition) is 3. The maximum atomic E-state index is 12.4. The van der Waals surface area contributed by atoms with Gasteiger partial charge in [-0.15, -0.1) is 0 Å². The van der Waals surface area contributed by atoms with Gasteiger partial charge in [-0.1, -0.05) is 39.5 Å². The van der Waals surface area contributed by atoms with E-state index in [0.29, 0.717) is 25.8 Å². The molecule has 0 aromatic rings. The average Bonchev–Trinajstić information content (AvgIpc) is 2.45. The lowest BCUT2D eigenvalue weighted by molar-refractivity contribution is -0.135. The molecule has 1 saturated carbocycles. The van der Waals surface area contributed by atoms with Crippen LogP contribution in [0.5, 0.6) is 0 Å². The lowest BCUT2D eigenvalue weighted by Crippen LogP contribution is -2.62. The summed E-state index contributed by atoms with van der Waals surface area (Å²) in [5.41, 5.74) is 5.12. The minimum Gasteiger partial charge on any atom is -0.354 e. The SMILES string of the molecule is CCCNC(=O)C1(NC(=O)C(N)CCC)CCCCC1. The van der Waals surface area contributed by atoms with Gasteiger partial charge in [-0.3, -0.25) is 9.59 Å². The highest BCUT2D eigenvalue weighted by atomic mass is 16.2.